The van der Waals surface area contributed by atoms with Gasteiger partial charge in [-0.25, -0.2) is 13.6 Å². The van der Waals surface area contributed by atoms with E-state index in [0.29, 0.717) is 10.6 Å². The fourth-order valence-corrected chi connectivity index (χ4v) is 5.90. The number of piperazine rings is 1. The van der Waals surface area contributed by atoms with Crippen molar-refractivity contribution in [2.45, 2.75) is 45.0 Å². The van der Waals surface area contributed by atoms with Crippen molar-refractivity contribution >= 4 is 5.69 Å². The van der Waals surface area contributed by atoms with Gasteiger partial charge in [0.25, 0.3) is 5.56 Å². The number of halogens is 8. The van der Waals surface area contributed by atoms with E-state index in [4.69, 9.17) is 14.9 Å². The topological polar surface area (TPSA) is 98.9 Å². The molecule has 2 aromatic heterocycles. The molecule has 4 aromatic rings. The molecule has 0 amide bonds. The molecular weight excluding hydrogens is 670 g/mol. The van der Waals surface area contributed by atoms with Crippen molar-refractivity contribution < 1.29 is 44.3 Å². The van der Waals surface area contributed by atoms with Crippen LogP contribution in [0.2, 0.25) is 0 Å². The van der Waals surface area contributed by atoms with Crippen molar-refractivity contribution in [3.8, 4) is 5.75 Å². The minimum atomic E-state index is -4.96. The lowest BCUT2D eigenvalue weighted by Crippen LogP contribution is -2.51. The Bertz CT molecular complexity index is 1940. The van der Waals surface area contributed by atoms with Crippen LogP contribution in [-0.2, 0) is 32.0 Å². The first kappa shape index (κ1) is 35.7. The fourth-order valence-electron chi connectivity index (χ4n) is 5.90. The number of ether oxygens (including phenoxy) is 1. The maximum atomic E-state index is 15.0. The normalized spacial score (nSPS) is 15.1. The van der Waals surface area contributed by atoms with Gasteiger partial charge in [-0.2, -0.15) is 26.3 Å². The Hall–Kier alpha value is -4.64. The zero-order valence-corrected chi connectivity index (χ0v) is 26.2. The fraction of sp³-hybridized carbons (Fsp3) is 0.375. The molecule has 1 fully saturated rings. The van der Waals surface area contributed by atoms with Crippen LogP contribution in [0.3, 0.4) is 0 Å². The summed E-state index contributed by atoms with van der Waals surface area (Å²) in [7, 11) is 1.31. The van der Waals surface area contributed by atoms with E-state index in [9.17, 15) is 44.7 Å². The summed E-state index contributed by atoms with van der Waals surface area (Å²) in [5, 5.41) is 0. The second-order valence-corrected chi connectivity index (χ2v) is 11.5. The lowest BCUT2D eigenvalue weighted by molar-refractivity contribution is -0.153. The summed E-state index contributed by atoms with van der Waals surface area (Å²) in [6, 6.07) is 6.70. The van der Waals surface area contributed by atoms with Crippen molar-refractivity contribution in [3.63, 3.8) is 0 Å². The zero-order chi connectivity index (χ0) is 35.8. The summed E-state index contributed by atoms with van der Waals surface area (Å²) < 4.78 is 122. The number of furan rings is 1. The highest BCUT2D eigenvalue weighted by atomic mass is 19.4. The molecule has 1 saturated heterocycles. The van der Waals surface area contributed by atoms with Crippen LogP contribution < -0.4 is 26.6 Å². The van der Waals surface area contributed by atoms with Crippen molar-refractivity contribution in [1.82, 2.24) is 14.0 Å². The van der Waals surface area contributed by atoms with Gasteiger partial charge in [-0.3, -0.25) is 18.8 Å². The summed E-state index contributed by atoms with van der Waals surface area (Å²) >= 11 is 0. The third kappa shape index (κ3) is 7.51. The third-order valence-electron chi connectivity index (χ3n) is 8.38. The standard InChI is InChI=1S/C32H31F8N5O4/c1-18-28(43-12-10-42(11-13-43)15-20-7-9-27(49-20)32(38,39)40)29(46)45(17-25(41)21-14-19(33)6-8-26(21)48-2)30(47)44(18)16-22-23(31(35,36)37)4-3-5-24(22)34/h3-9,14,25H,10-13,15-17,41H2,1-2H3. The van der Waals surface area contributed by atoms with Crippen molar-refractivity contribution in [2.24, 2.45) is 5.73 Å². The van der Waals surface area contributed by atoms with Crippen LogP contribution in [0.5, 0.6) is 5.75 Å². The SMILES string of the molecule is COc1ccc(F)cc1C(N)Cn1c(=O)c(N2CCN(Cc3ccc(C(F)(F)F)o3)CC2)c(C)n(Cc2c(F)cccc2C(F)(F)F)c1=O. The Morgan fingerprint density at radius 2 is 1.59 bits per heavy atom. The molecule has 0 bridgehead atoms. The number of methoxy groups -OCH3 is 1. The van der Waals surface area contributed by atoms with E-state index in [-0.39, 0.29) is 61.2 Å². The van der Waals surface area contributed by atoms with Crippen molar-refractivity contribution in [3.05, 3.63) is 115 Å². The average Bonchev–Trinajstić information content (AvgIpc) is 3.51. The summed E-state index contributed by atoms with van der Waals surface area (Å²) in [4.78, 5) is 31.3. The second-order valence-electron chi connectivity index (χ2n) is 11.5. The minimum absolute atomic E-state index is 0.0322. The molecule has 2 N–H and O–H groups in total. The number of nitrogens with two attached hydrogens (primary N) is 1. The van der Waals surface area contributed by atoms with Crippen LogP contribution in [-0.4, -0.2) is 47.3 Å². The smallest absolute Gasteiger partial charge is 0.449 e. The first-order valence-corrected chi connectivity index (χ1v) is 14.9. The number of aromatic nitrogens is 2. The van der Waals surface area contributed by atoms with Crippen LogP contribution in [0.15, 0.2) is 62.5 Å². The summed E-state index contributed by atoms with van der Waals surface area (Å²) in [6.45, 7) is 0.643. The maximum Gasteiger partial charge on any atom is 0.449 e. The van der Waals surface area contributed by atoms with Crippen molar-refractivity contribution in [2.75, 3.05) is 38.2 Å². The highest BCUT2D eigenvalue weighted by molar-refractivity contribution is 5.50. The van der Waals surface area contributed by atoms with Crippen LogP contribution in [0.4, 0.5) is 40.8 Å². The van der Waals surface area contributed by atoms with E-state index >= 15 is 0 Å². The first-order chi connectivity index (χ1) is 23.0. The number of alkyl halides is 6. The molecule has 2 aromatic carbocycles. The lowest BCUT2D eigenvalue weighted by atomic mass is 10.1. The van der Waals surface area contributed by atoms with Crippen molar-refractivity contribution in [1.29, 1.82) is 0 Å². The molecule has 0 aliphatic carbocycles. The van der Waals surface area contributed by atoms with Gasteiger partial charge in [0.1, 0.15) is 28.8 Å². The molecule has 0 spiro atoms. The van der Waals surface area contributed by atoms with Crippen LogP contribution in [0.25, 0.3) is 0 Å². The van der Waals surface area contributed by atoms with Gasteiger partial charge in [-0.15, -0.1) is 0 Å². The van der Waals surface area contributed by atoms with Gasteiger partial charge in [0.15, 0.2) is 0 Å². The third-order valence-corrected chi connectivity index (χ3v) is 8.38. The van der Waals surface area contributed by atoms with Gasteiger partial charge in [0, 0.05) is 43.0 Å². The van der Waals surface area contributed by atoms with E-state index in [1.54, 1.807) is 9.80 Å². The number of benzene rings is 2. The molecule has 1 unspecified atom stereocenters. The molecule has 1 aliphatic heterocycles. The number of anilines is 1. The number of rotatable bonds is 9. The average molecular weight is 702 g/mol. The molecule has 17 heteroatoms. The second kappa shape index (κ2) is 13.7. The van der Waals surface area contributed by atoms with Crippen LogP contribution >= 0.6 is 0 Å². The molecule has 0 saturated carbocycles. The number of hydrogen-bond acceptors (Lipinski definition) is 7. The monoisotopic (exact) mass is 701 g/mol. The Kier molecular flexibility index (Phi) is 9.97. The van der Waals surface area contributed by atoms with Gasteiger partial charge >= 0.3 is 18.0 Å². The summed E-state index contributed by atoms with van der Waals surface area (Å²) in [5.41, 5.74) is 2.28. The highest BCUT2D eigenvalue weighted by Crippen LogP contribution is 2.34. The molecule has 1 atom stereocenters. The Balaban J connectivity index is 1.54. The van der Waals surface area contributed by atoms with E-state index in [1.165, 1.54) is 26.2 Å². The molecule has 9 nitrogen and oxygen atoms in total. The molecular formula is C32H31F8N5O4. The van der Waals surface area contributed by atoms with Gasteiger partial charge in [-0.1, -0.05) is 6.07 Å². The molecule has 1 aliphatic rings. The molecule has 3 heterocycles. The van der Waals surface area contributed by atoms with Gasteiger partial charge in [-0.05, 0) is 49.4 Å². The van der Waals surface area contributed by atoms with Gasteiger partial charge < -0.3 is 19.8 Å². The Labute approximate surface area is 273 Å². The molecule has 264 valence electrons. The van der Waals surface area contributed by atoms with E-state index in [2.05, 4.69) is 0 Å². The molecule has 0 radical (unpaired) electrons. The van der Waals surface area contributed by atoms with Crippen LogP contribution in [0, 0.1) is 18.6 Å². The quantitative estimate of drug-likeness (QED) is 0.237. The predicted molar refractivity (Wildman–Crippen MR) is 161 cm³/mol. The summed E-state index contributed by atoms with van der Waals surface area (Å²) in [5.74, 6) is -2.81. The van der Waals surface area contributed by atoms with E-state index in [1.807, 2.05) is 0 Å². The Morgan fingerprint density at radius 3 is 2.20 bits per heavy atom. The Morgan fingerprint density at radius 1 is 0.898 bits per heavy atom. The van der Waals surface area contributed by atoms with E-state index in [0.717, 1.165) is 34.9 Å². The number of hydrogen-bond donors (Lipinski definition) is 1. The highest BCUT2D eigenvalue weighted by Gasteiger charge is 2.36. The largest absolute Gasteiger partial charge is 0.496 e. The lowest BCUT2D eigenvalue weighted by Gasteiger charge is -2.36. The number of nitrogens with zero attached hydrogens (tertiary/aromatic N) is 4. The predicted octanol–water partition coefficient (Wildman–Crippen LogP) is 5.31. The first-order valence-electron chi connectivity index (χ1n) is 14.9. The molecule has 49 heavy (non-hydrogen) atoms. The maximum absolute atomic E-state index is 15.0. The van der Waals surface area contributed by atoms with E-state index < -0.39 is 71.3 Å². The summed E-state index contributed by atoms with van der Waals surface area (Å²) in [6.07, 6.45) is -9.61. The minimum Gasteiger partial charge on any atom is -0.496 e. The van der Waals surface area contributed by atoms with Gasteiger partial charge in [0.05, 0.1) is 38.3 Å². The van der Waals surface area contributed by atoms with Gasteiger partial charge in [0.2, 0.25) is 5.76 Å². The molecule has 5 rings (SSSR count). The van der Waals surface area contributed by atoms with Crippen LogP contribution in [0.1, 0.15) is 39.9 Å². The zero-order valence-electron chi connectivity index (χ0n) is 26.2.